The van der Waals surface area contributed by atoms with Crippen LogP contribution in [0.5, 0.6) is 23.1 Å². The van der Waals surface area contributed by atoms with Gasteiger partial charge in [-0.2, -0.15) is 8.78 Å². The third-order valence-electron chi connectivity index (χ3n) is 4.75. The second-order valence-electron chi connectivity index (χ2n) is 6.79. The van der Waals surface area contributed by atoms with E-state index in [0.29, 0.717) is 21.7 Å². The minimum atomic E-state index is -3.02. The van der Waals surface area contributed by atoms with E-state index >= 15 is 0 Å². The van der Waals surface area contributed by atoms with Crippen molar-refractivity contribution in [1.82, 2.24) is 9.97 Å². The predicted octanol–water partition coefficient (Wildman–Crippen LogP) is 4.99. The van der Waals surface area contributed by atoms with E-state index in [0.717, 1.165) is 11.1 Å². The van der Waals surface area contributed by atoms with Crippen molar-refractivity contribution < 1.29 is 32.5 Å². The number of alkyl halides is 2. The Morgan fingerprint density at radius 2 is 1.85 bits per heavy atom. The van der Waals surface area contributed by atoms with Crippen molar-refractivity contribution in [2.75, 3.05) is 26.1 Å². The first-order valence-corrected chi connectivity index (χ1v) is 10.8. The van der Waals surface area contributed by atoms with Gasteiger partial charge < -0.3 is 24.3 Å². The van der Waals surface area contributed by atoms with Gasteiger partial charge >= 0.3 is 6.61 Å². The van der Waals surface area contributed by atoms with Gasteiger partial charge in [-0.15, -0.1) is 11.3 Å². The minimum absolute atomic E-state index is 0.103. The standard InChI is InChI=1S/C23H19F2N3O5S/c1-30-17-8-7-13(9-18(17)31-2)14-11-34-22-20(14)21(26-12-27-22)32-10-19(29)28-15-5-3-4-6-16(15)33-23(24)25/h3-9,11-12,23H,10H2,1-2H3,(H,28,29). The van der Waals surface area contributed by atoms with Gasteiger partial charge in [-0.3, -0.25) is 4.79 Å². The van der Waals surface area contributed by atoms with Gasteiger partial charge in [-0.1, -0.05) is 18.2 Å². The van der Waals surface area contributed by atoms with E-state index in [2.05, 4.69) is 20.0 Å². The van der Waals surface area contributed by atoms with E-state index in [1.54, 1.807) is 26.4 Å². The molecule has 0 fully saturated rings. The number of amides is 1. The van der Waals surface area contributed by atoms with Crippen molar-refractivity contribution in [3.05, 3.63) is 54.2 Å². The molecule has 0 spiro atoms. The molecule has 0 saturated heterocycles. The van der Waals surface area contributed by atoms with Crippen LogP contribution in [0.3, 0.4) is 0 Å². The quantitative estimate of drug-likeness (QED) is 0.355. The maximum atomic E-state index is 12.6. The smallest absolute Gasteiger partial charge is 0.387 e. The number of thiophene rings is 1. The molecule has 0 atom stereocenters. The van der Waals surface area contributed by atoms with Crippen molar-refractivity contribution in [2.45, 2.75) is 6.61 Å². The summed E-state index contributed by atoms with van der Waals surface area (Å²) < 4.78 is 46.0. The molecule has 176 valence electrons. The Morgan fingerprint density at radius 1 is 1.06 bits per heavy atom. The van der Waals surface area contributed by atoms with Crippen molar-refractivity contribution in [3.63, 3.8) is 0 Å². The zero-order valence-electron chi connectivity index (χ0n) is 18.1. The van der Waals surface area contributed by atoms with E-state index < -0.39 is 19.1 Å². The minimum Gasteiger partial charge on any atom is -0.493 e. The van der Waals surface area contributed by atoms with Gasteiger partial charge in [0.1, 0.15) is 16.9 Å². The fourth-order valence-electron chi connectivity index (χ4n) is 3.26. The van der Waals surface area contributed by atoms with Crippen LogP contribution < -0.4 is 24.3 Å². The second-order valence-corrected chi connectivity index (χ2v) is 7.65. The third-order valence-corrected chi connectivity index (χ3v) is 5.63. The van der Waals surface area contributed by atoms with Crippen molar-refractivity contribution in [1.29, 1.82) is 0 Å². The van der Waals surface area contributed by atoms with E-state index in [1.165, 1.54) is 35.9 Å². The molecular weight excluding hydrogens is 468 g/mol. The Balaban J connectivity index is 1.56. The summed E-state index contributed by atoms with van der Waals surface area (Å²) in [5.41, 5.74) is 1.73. The van der Waals surface area contributed by atoms with Crippen LogP contribution in [0.4, 0.5) is 14.5 Å². The SMILES string of the molecule is COc1ccc(-c2csc3ncnc(OCC(=O)Nc4ccccc4OC(F)F)c23)cc1OC. The Morgan fingerprint density at radius 3 is 2.62 bits per heavy atom. The lowest BCUT2D eigenvalue weighted by Gasteiger charge is -2.12. The van der Waals surface area contributed by atoms with Crippen molar-refractivity contribution in [2.24, 2.45) is 0 Å². The highest BCUT2D eigenvalue weighted by Crippen LogP contribution is 2.40. The van der Waals surface area contributed by atoms with E-state index in [4.69, 9.17) is 14.2 Å². The molecular formula is C23H19F2N3O5S. The zero-order chi connectivity index (χ0) is 24.1. The number of ether oxygens (including phenoxy) is 4. The lowest BCUT2D eigenvalue weighted by Crippen LogP contribution is -2.21. The number of carbonyl (C=O) groups excluding carboxylic acids is 1. The second kappa shape index (κ2) is 10.3. The molecule has 2 heterocycles. The van der Waals surface area contributed by atoms with Crippen LogP contribution in [-0.2, 0) is 4.79 Å². The Kier molecular flexibility index (Phi) is 7.02. The largest absolute Gasteiger partial charge is 0.493 e. The normalized spacial score (nSPS) is 10.9. The summed E-state index contributed by atoms with van der Waals surface area (Å²) in [7, 11) is 3.11. The molecule has 0 aliphatic heterocycles. The fourth-order valence-corrected chi connectivity index (χ4v) is 4.17. The number of hydrogen-bond donors (Lipinski definition) is 1. The molecule has 0 aliphatic rings. The molecule has 11 heteroatoms. The van der Waals surface area contributed by atoms with Crippen LogP contribution in [0.15, 0.2) is 54.2 Å². The number of hydrogen-bond acceptors (Lipinski definition) is 8. The van der Waals surface area contributed by atoms with Crippen LogP contribution in [-0.4, -0.2) is 43.3 Å². The van der Waals surface area contributed by atoms with Gasteiger partial charge in [-0.25, -0.2) is 9.97 Å². The van der Waals surface area contributed by atoms with Crippen LogP contribution in [0.2, 0.25) is 0 Å². The van der Waals surface area contributed by atoms with Gasteiger partial charge in [0.2, 0.25) is 5.88 Å². The summed E-state index contributed by atoms with van der Waals surface area (Å²) in [6, 6.07) is 11.4. The number of nitrogens with one attached hydrogen (secondary N) is 1. The Hall–Kier alpha value is -3.99. The molecule has 0 unspecified atom stereocenters. The maximum Gasteiger partial charge on any atom is 0.387 e. The molecule has 4 aromatic rings. The summed E-state index contributed by atoms with van der Waals surface area (Å²) in [5, 5.41) is 5.05. The van der Waals surface area contributed by atoms with Crippen LogP contribution >= 0.6 is 11.3 Å². The fraction of sp³-hybridized carbons (Fsp3) is 0.174. The number of nitrogens with zero attached hydrogens (tertiary/aromatic N) is 2. The van der Waals surface area contributed by atoms with E-state index in [9.17, 15) is 13.6 Å². The third kappa shape index (κ3) is 4.99. The average molecular weight is 487 g/mol. The number of fused-ring (bicyclic) bond motifs is 1. The molecule has 2 aromatic carbocycles. The first kappa shape index (κ1) is 23.2. The lowest BCUT2D eigenvalue weighted by atomic mass is 10.1. The van der Waals surface area contributed by atoms with Crippen LogP contribution in [0.1, 0.15) is 0 Å². The summed E-state index contributed by atoms with van der Waals surface area (Å²) in [5.74, 6) is 0.640. The average Bonchev–Trinajstić information content (AvgIpc) is 3.28. The molecule has 2 aromatic heterocycles. The van der Waals surface area contributed by atoms with Gasteiger partial charge in [0.15, 0.2) is 18.1 Å². The monoisotopic (exact) mass is 487 g/mol. The number of aromatic nitrogens is 2. The van der Waals surface area contributed by atoms with Gasteiger partial charge in [0, 0.05) is 10.9 Å². The van der Waals surface area contributed by atoms with Crippen molar-refractivity contribution in [3.8, 4) is 34.3 Å². The summed E-state index contributed by atoms with van der Waals surface area (Å²) in [4.78, 5) is 21.6. The molecule has 8 nitrogen and oxygen atoms in total. The molecule has 0 bridgehead atoms. The summed E-state index contributed by atoms with van der Waals surface area (Å²) >= 11 is 1.40. The first-order chi connectivity index (χ1) is 16.5. The summed E-state index contributed by atoms with van der Waals surface area (Å²) in [6.45, 7) is -3.42. The molecule has 0 aliphatic carbocycles. The predicted molar refractivity (Wildman–Crippen MR) is 123 cm³/mol. The number of anilines is 1. The number of carbonyl (C=O) groups is 1. The number of methoxy groups -OCH3 is 2. The number of benzene rings is 2. The van der Waals surface area contributed by atoms with Gasteiger partial charge in [-0.05, 0) is 29.8 Å². The highest BCUT2D eigenvalue weighted by Gasteiger charge is 2.18. The number of para-hydroxylation sites is 2. The first-order valence-electron chi connectivity index (χ1n) is 9.91. The van der Waals surface area contributed by atoms with Crippen molar-refractivity contribution >= 4 is 33.1 Å². The number of halogens is 2. The molecule has 4 rings (SSSR count). The highest BCUT2D eigenvalue weighted by molar-refractivity contribution is 7.17. The molecule has 0 saturated carbocycles. The van der Waals surface area contributed by atoms with Crippen LogP contribution in [0.25, 0.3) is 21.3 Å². The van der Waals surface area contributed by atoms with Gasteiger partial charge in [0.25, 0.3) is 5.91 Å². The summed E-state index contributed by atoms with van der Waals surface area (Å²) in [6.07, 6.45) is 1.34. The molecule has 1 amide bonds. The van der Waals surface area contributed by atoms with Gasteiger partial charge in [0.05, 0.1) is 25.3 Å². The zero-order valence-corrected chi connectivity index (χ0v) is 18.9. The lowest BCUT2D eigenvalue weighted by molar-refractivity contribution is -0.118. The molecule has 1 N–H and O–H groups in total. The Labute approximate surface area is 197 Å². The number of rotatable bonds is 9. The molecule has 0 radical (unpaired) electrons. The highest BCUT2D eigenvalue weighted by atomic mass is 32.1. The maximum absolute atomic E-state index is 12.6. The topological polar surface area (TPSA) is 91.8 Å². The molecule has 34 heavy (non-hydrogen) atoms. The van der Waals surface area contributed by atoms with E-state index in [1.807, 2.05) is 17.5 Å². The van der Waals surface area contributed by atoms with Crippen LogP contribution in [0, 0.1) is 0 Å². The van der Waals surface area contributed by atoms with E-state index in [-0.39, 0.29) is 17.3 Å². The Bertz CT molecular complexity index is 1320.